The van der Waals surface area contributed by atoms with E-state index in [4.69, 9.17) is 0 Å². The van der Waals surface area contributed by atoms with Crippen molar-refractivity contribution in [1.29, 1.82) is 0 Å². The molecule has 0 spiro atoms. The van der Waals surface area contributed by atoms with Crippen molar-refractivity contribution in [3.8, 4) is 0 Å². The SMILES string of the molecule is O=C(CCBr)c1ccccc1C(F)F. The molecule has 14 heavy (non-hydrogen) atoms. The van der Waals surface area contributed by atoms with Gasteiger partial charge < -0.3 is 0 Å². The number of rotatable bonds is 4. The number of carbonyl (C=O) groups excluding carboxylic acids is 1. The Morgan fingerprint density at radius 2 is 2.00 bits per heavy atom. The second-order valence-corrected chi connectivity index (χ2v) is 3.54. The Hall–Kier alpha value is -0.770. The summed E-state index contributed by atoms with van der Waals surface area (Å²) in [7, 11) is 0. The molecular formula is C10H9BrF2O. The Morgan fingerprint density at radius 3 is 2.57 bits per heavy atom. The van der Waals surface area contributed by atoms with E-state index in [-0.39, 0.29) is 23.3 Å². The van der Waals surface area contributed by atoms with Crippen LogP contribution in [0.4, 0.5) is 8.78 Å². The number of benzene rings is 1. The fourth-order valence-electron chi connectivity index (χ4n) is 1.16. The highest BCUT2D eigenvalue weighted by Crippen LogP contribution is 2.23. The minimum absolute atomic E-state index is 0.127. The number of halogens is 3. The van der Waals surface area contributed by atoms with Crippen molar-refractivity contribution in [2.45, 2.75) is 12.8 Å². The number of hydrogen-bond acceptors (Lipinski definition) is 1. The molecule has 0 fully saturated rings. The van der Waals surface area contributed by atoms with Crippen LogP contribution in [0.2, 0.25) is 0 Å². The number of ketones is 1. The highest BCUT2D eigenvalue weighted by molar-refractivity contribution is 9.09. The van der Waals surface area contributed by atoms with E-state index in [0.717, 1.165) is 0 Å². The highest BCUT2D eigenvalue weighted by Gasteiger charge is 2.16. The number of carbonyl (C=O) groups is 1. The lowest BCUT2D eigenvalue weighted by Crippen LogP contribution is -2.04. The molecule has 0 heterocycles. The molecule has 0 N–H and O–H groups in total. The van der Waals surface area contributed by atoms with Crippen molar-refractivity contribution >= 4 is 21.7 Å². The van der Waals surface area contributed by atoms with Gasteiger partial charge in [0, 0.05) is 22.9 Å². The van der Waals surface area contributed by atoms with Crippen molar-refractivity contribution in [3.05, 3.63) is 35.4 Å². The van der Waals surface area contributed by atoms with E-state index in [0.29, 0.717) is 5.33 Å². The average molecular weight is 263 g/mol. The summed E-state index contributed by atoms with van der Waals surface area (Å²) in [5.41, 5.74) is -0.0552. The fraction of sp³-hybridized carbons (Fsp3) is 0.300. The van der Waals surface area contributed by atoms with E-state index >= 15 is 0 Å². The first-order valence-corrected chi connectivity index (χ1v) is 5.25. The molecule has 76 valence electrons. The van der Waals surface area contributed by atoms with E-state index in [2.05, 4.69) is 15.9 Å². The van der Waals surface area contributed by atoms with Gasteiger partial charge in [-0.3, -0.25) is 4.79 Å². The summed E-state index contributed by atoms with van der Waals surface area (Å²) in [5, 5.41) is 0.489. The standard InChI is InChI=1S/C10H9BrF2O/c11-6-5-9(14)7-3-1-2-4-8(7)10(12)13/h1-4,10H,5-6H2. The van der Waals surface area contributed by atoms with Gasteiger partial charge in [-0.25, -0.2) is 8.78 Å². The van der Waals surface area contributed by atoms with Crippen LogP contribution in [0.15, 0.2) is 24.3 Å². The molecule has 1 aromatic carbocycles. The van der Waals surface area contributed by atoms with Crippen LogP contribution < -0.4 is 0 Å². The Balaban J connectivity index is 3.00. The molecule has 4 heteroatoms. The van der Waals surface area contributed by atoms with Crippen molar-refractivity contribution in [2.75, 3.05) is 5.33 Å². The van der Waals surface area contributed by atoms with Gasteiger partial charge in [-0.15, -0.1) is 0 Å². The Bertz CT molecular complexity index is 326. The van der Waals surface area contributed by atoms with E-state index in [1.807, 2.05) is 0 Å². The topological polar surface area (TPSA) is 17.1 Å². The molecular weight excluding hydrogens is 254 g/mol. The predicted molar refractivity (Wildman–Crippen MR) is 54.1 cm³/mol. The van der Waals surface area contributed by atoms with E-state index in [9.17, 15) is 13.6 Å². The maximum atomic E-state index is 12.5. The van der Waals surface area contributed by atoms with E-state index in [1.54, 1.807) is 6.07 Å². The summed E-state index contributed by atoms with van der Waals surface area (Å²) in [6, 6.07) is 5.82. The lowest BCUT2D eigenvalue weighted by Gasteiger charge is -2.06. The summed E-state index contributed by atoms with van der Waals surface area (Å²) < 4.78 is 24.9. The third-order valence-electron chi connectivity index (χ3n) is 1.82. The van der Waals surface area contributed by atoms with Gasteiger partial charge in [0.15, 0.2) is 5.78 Å². The normalized spacial score (nSPS) is 10.6. The van der Waals surface area contributed by atoms with Crippen LogP contribution in [-0.2, 0) is 0 Å². The van der Waals surface area contributed by atoms with Crippen molar-refractivity contribution in [3.63, 3.8) is 0 Å². The molecule has 0 radical (unpaired) electrons. The Labute approximate surface area is 89.3 Å². The van der Waals surface area contributed by atoms with E-state index < -0.39 is 6.43 Å². The third kappa shape index (κ3) is 2.61. The summed E-state index contributed by atoms with van der Waals surface area (Å²) in [6.45, 7) is 0. The quantitative estimate of drug-likeness (QED) is 0.599. The second kappa shape index (κ2) is 5.20. The van der Waals surface area contributed by atoms with Gasteiger partial charge in [-0.05, 0) is 0 Å². The molecule has 0 atom stereocenters. The first kappa shape index (κ1) is 11.3. The maximum Gasteiger partial charge on any atom is 0.264 e. The monoisotopic (exact) mass is 262 g/mol. The van der Waals surface area contributed by atoms with Gasteiger partial charge in [-0.2, -0.15) is 0 Å². The molecule has 1 nitrogen and oxygen atoms in total. The number of hydrogen-bond donors (Lipinski definition) is 0. The first-order chi connectivity index (χ1) is 6.66. The van der Waals surface area contributed by atoms with Gasteiger partial charge in [0.1, 0.15) is 0 Å². The van der Waals surface area contributed by atoms with Gasteiger partial charge >= 0.3 is 0 Å². The second-order valence-electron chi connectivity index (χ2n) is 2.75. The average Bonchev–Trinajstić information content (AvgIpc) is 2.18. The van der Waals surface area contributed by atoms with Crippen LogP contribution in [-0.4, -0.2) is 11.1 Å². The smallest absolute Gasteiger partial charge is 0.264 e. The minimum atomic E-state index is -2.59. The van der Waals surface area contributed by atoms with Crippen LogP contribution in [0.25, 0.3) is 0 Å². The minimum Gasteiger partial charge on any atom is -0.294 e. The molecule has 0 bridgehead atoms. The molecule has 1 aromatic rings. The van der Waals surface area contributed by atoms with Crippen molar-refractivity contribution in [2.24, 2.45) is 0 Å². The lowest BCUT2D eigenvalue weighted by atomic mass is 10.0. The number of alkyl halides is 3. The summed E-state index contributed by atoms with van der Waals surface area (Å²) in [5.74, 6) is -0.252. The summed E-state index contributed by atoms with van der Waals surface area (Å²) in [6.07, 6.45) is -2.35. The lowest BCUT2D eigenvalue weighted by molar-refractivity contribution is 0.0976. The van der Waals surface area contributed by atoms with Crippen molar-refractivity contribution < 1.29 is 13.6 Å². The molecule has 1 rings (SSSR count). The molecule has 0 saturated carbocycles. The number of Topliss-reactive ketones (excluding diaryl/α,β-unsaturated/α-hetero) is 1. The molecule has 0 aliphatic rings. The van der Waals surface area contributed by atoms with Crippen LogP contribution in [0.1, 0.15) is 28.8 Å². The van der Waals surface area contributed by atoms with Crippen LogP contribution in [0.3, 0.4) is 0 Å². The predicted octanol–water partition coefficient (Wildman–Crippen LogP) is 3.59. The van der Waals surface area contributed by atoms with Gasteiger partial charge in [-0.1, -0.05) is 40.2 Å². The van der Waals surface area contributed by atoms with Gasteiger partial charge in [0.25, 0.3) is 6.43 Å². The zero-order chi connectivity index (χ0) is 10.6. The third-order valence-corrected chi connectivity index (χ3v) is 2.21. The van der Waals surface area contributed by atoms with Crippen LogP contribution >= 0.6 is 15.9 Å². The van der Waals surface area contributed by atoms with Gasteiger partial charge in [0.05, 0.1) is 0 Å². The maximum absolute atomic E-state index is 12.5. The molecule has 0 unspecified atom stereocenters. The van der Waals surface area contributed by atoms with Gasteiger partial charge in [0.2, 0.25) is 0 Å². The van der Waals surface area contributed by atoms with E-state index in [1.165, 1.54) is 18.2 Å². The molecule has 0 aromatic heterocycles. The molecule has 0 amide bonds. The van der Waals surface area contributed by atoms with Crippen LogP contribution in [0.5, 0.6) is 0 Å². The largest absolute Gasteiger partial charge is 0.294 e. The summed E-state index contributed by atoms with van der Waals surface area (Å²) in [4.78, 5) is 11.4. The summed E-state index contributed by atoms with van der Waals surface area (Å²) >= 11 is 3.10. The fourth-order valence-corrected chi connectivity index (χ4v) is 1.52. The van der Waals surface area contributed by atoms with Crippen LogP contribution in [0, 0.1) is 0 Å². The first-order valence-electron chi connectivity index (χ1n) is 4.13. The zero-order valence-corrected chi connectivity index (χ0v) is 8.93. The zero-order valence-electron chi connectivity index (χ0n) is 7.34. The van der Waals surface area contributed by atoms with Crippen molar-refractivity contribution in [1.82, 2.24) is 0 Å². The molecule has 0 saturated heterocycles. The molecule has 0 aliphatic heterocycles. The Kier molecular flexibility index (Phi) is 4.20. The Morgan fingerprint density at radius 1 is 1.36 bits per heavy atom. The highest BCUT2D eigenvalue weighted by atomic mass is 79.9. The molecule has 0 aliphatic carbocycles.